The Bertz CT molecular complexity index is 3540. The molecule has 6 nitrogen and oxygen atoms in total. The predicted octanol–water partition coefficient (Wildman–Crippen LogP) is 12.9. The summed E-state index contributed by atoms with van der Waals surface area (Å²) >= 11 is 0. The third-order valence-corrected chi connectivity index (χ3v) is 14.1. The van der Waals surface area contributed by atoms with Gasteiger partial charge in [0.15, 0.2) is 5.65 Å². The van der Waals surface area contributed by atoms with Crippen LogP contribution in [-0.2, 0) is 10.8 Å². The van der Waals surface area contributed by atoms with Crippen molar-refractivity contribution in [3.8, 4) is 56.7 Å². The summed E-state index contributed by atoms with van der Waals surface area (Å²) in [7, 11) is 0. The molecule has 0 saturated carbocycles. The van der Waals surface area contributed by atoms with Gasteiger partial charge in [0.05, 0.1) is 38.8 Å². The normalized spacial score (nSPS) is 14.9. The third-order valence-electron chi connectivity index (χ3n) is 14.1. The van der Waals surface area contributed by atoms with Crippen LogP contribution >= 0.6 is 0 Å². The fraction of sp³-hybridized carbons (Fsp3) is 0.111. The first-order valence-corrected chi connectivity index (χ1v) is 20.8. The van der Waals surface area contributed by atoms with Crippen LogP contribution in [0.4, 0.5) is 0 Å². The maximum absolute atomic E-state index is 5.45. The lowest BCUT2D eigenvalue weighted by Crippen LogP contribution is -2.14. The molecular formula is C54H36N6. The molecule has 0 saturated heterocycles. The maximum atomic E-state index is 5.45. The van der Waals surface area contributed by atoms with E-state index in [2.05, 4.69) is 182 Å². The van der Waals surface area contributed by atoms with Crippen LogP contribution in [0.3, 0.4) is 0 Å². The zero-order valence-electron chi connectivity index (χ0n) is 33.5. The first-order valence-electron chi connectivity index (χ1n) is 20.8. The van der Waals surface area contributed by atoms with Crippen LogP contribution in [-0.4, -0.2) is 29.1 Å². The van der Waals surface area contributed by atoms with Gasteiger partial charge >= 0.3 is 0 Å². The largest absolute Gasteiger partial charge is 0.278 e. The molecule has 0 N–H and O–H groups in total. The Labute approximate surface area is 345 Å². The van der Waals surface area contributed by atoms with Crippen LogP contribution in [0.2, 0.25) is 0 Å². The number of rotatable bonds is 2. The maximum Gasteiger partial charge on any atom is 0.237 e. The molecule has 0 amide bonds. The Balaban J connectivity index is 1.07. The summed E-state index contributed by atoms with van der Waals surface area (Å²) in [5, 5.41) is 5.62. The molecule has 0 atom stereocenters. The number of fused-ring (bicyclic) bond motifs is 15. The number of benzene rings is 7. The van der Waals surface area contributed by atoms with Gasteiger partial charge in [-0.1, -0.05) is 137 Å². The minimum atomic E-state index is -0.116. The Kier molecular flexibility index (Phi) is 5.84. The van der Waals surface area contributed by atoms with Crippen LogP contribution in [0.5, 0.6) is 0 Å². The van der Waals surface area contributed by atoms with E-state index in [9.17, 15) is 0 Å². The molecule has 282 valence electrons. The van der Waals surface area contributed by atoms with Crippen LogP contribution in [0.15, 0.2) is 146 Å². The van der Waals surface area contributed by atoms with Crippen LogP contribution in [0.25, 0.3) is 111 Å². The first kappa shape index (κ1) is 32.5. The molecule has 60 heavy (non-hydrogen) atoms. The van der Waals surface area contributed by atoms with E-state index in [4.69, 9.17) is 19.9 Å². The van der Waals surface area contributed by atoms with Crippen LogP contribution in [0, 0.1) is 0 Å². The van der Waals surface area contributed by atoms with E-state index in [0.29, 0.717) is 17.5 Å². The molecule has 3 aliphatic rings. The van der Waals surface area contributed by atoms with Gasteiger partial charge in [-0.25, -0.2) is 9.97 Å². The summed E-state index contributed by atoms with van der Waals surface area (Å²) in [5.41, 5.74) is 19.0. The molecule has 14 rings (SSSR count). The smallest absolute Gasteiger partial charge is 0.237 e. The Morgan fingerprint density at radius 3 is 1.22 bits per heavy atom. The minimum Gasteiger partial charge on any atom is -0.278 e. The highest BCUT2D eigenvalue weighted by Gasteiger charge is 2.38. The fourth-order valence-corrected chi connectivity index (χ4v) is 11.3. The zero-order valence-corrected chi connectivity index (χ0v) is 33.5. The van der Waals surface area contributed by atoms with Crippen LogP contribution in [0.1, 0.15) is 49.9 Å². The Morgan fingerprint density at radius 1 is 0.350 bits per heavy atom. The van der Waals surface area contributed by atoms with Gasteiger partial charge in [0.25, 0.3) is 0 Å². The average Bonchev–Trinajstić information content (AvgIpc) is 4.01. The lowest BCUT2D eigenvalue weighted by molar-refractivity contribution is 0.661. The molecule has 6 heteroatoms. The summed E-state index contributed by atoms with van der Waals surface area (Å²) in [4.78, 5) is 21.8. The number of nitrogens with zero attached hydrogens (tertiary/aromatic N) is 6. The SMILES string of the molecule is CC1(C)c2ccccc2-c2cc3c(cc21)c1ccccc1n3-c1nc2c3c(nc(-n4c5ccccc5c5cc6c(cc54)-c4ccccc4C6(C)C)nc3n1)-c1ccccc1-2. The topological polar surface area (TPSA) is 61.4 Å². The molecular weight excluding hydrogens is 733 g/mol. The molecule has 3 aliphatic carbocycles. The van der Waals surface area contributed by atoms with E-state index in [1.807, 2.05) is 0 Å². The van der Waals surface area contributed by atoms with Crippen LogP contribution < -0.4 is 0 Å². The van der Waals surface area contributed by atoms with Gasteiger partial charge in [-0.3, -0.25) is 9.13 Å². The van der Waals surface area contributed by atoms with Gasteiger partial charge in [-0.05, 0) is 80.9 Å². The number of para-hydroxylation sites is 2. The van der Waals surface area contributed by atoms with E-state index in [1.54, 1.807) is 0 Å². The lowest BCUT2D eigenvalue weighted by atomic mass is 9.82. The van der Waals surface area contributed by atoms with Crippen molar-refractivity contribution in [2.24, 2.45) is 0 Å². The molecule has 7 aromatic carbocycles. The van der Waals surface area contributed by atoms with Crippen molar-refractivity contribution >= 4 is 54.6 Å². The van der Waals surface area contributed by atoms with Gasteiger partial charge in [-0.15, -0.1) is 0 Å². The Morgan fingerprint density at radius 2 is 0.750 bits per heavy atom. The molecule has 4 aromatic heterocycles. The fourth-order valence-electron chi connectivity index (χ4n) is 11.3. The summed E-state index contributed by atoms with van der Waals surface area (Å²) in [6, 6.07) is 53.0. The molecule has 0 radical (unpaired) electrons. The van der Waals surface area contributed by atoms with E-state index < -0.39 is 0 Å². The van der Waals surface area contributed by atoms with Gasteiger partial charge in [0.2, 0.25) is 11.9 Å². The van der Waals surface area contributed by atoms with Gasteiger partial charge in [-0.2, -0.15) is 9.97 Å². The van der Waals surface area contributed by atoms with E-state index in [0.717, 1.165) is 50.0 Å². The number of hydrogen-bond donors (Lipinski definition) is 0. The van der Waals surface area contributed by atoms with Crippen molar-refractivity contribution in [1.82, 2.24) is 29.1 Å². The summed E-state index contributed by atoms with van der Waals surface area (Å²) in [6.45, 7) is 9.36. The first-order chi connectivity index (χ1) is 29.3. The summed E-state index contributed by atoms with van der Waals surface area (Å²) in [5.74, 6) is 1.20. The van der Waals surface area contributed by atoms with Gasteiger partial charge in [0.1, 0.15) is 0 Å². The standard InChI is InChI=1S/C54H36N6/c1-53(2)39-21-11-7-15-29(39)35-27-45-37(25-41(35)53)31-17-9-13-23-43(31)59(45)51-55-48-33-19-5-6-20-34(33)49-47(48)50(57-51)58-52(56-49)60-44-24-14-10-18-32(44)38-26-42-36(28-46(38)60)30-16-8-12-22-40(30)54(42,3)4/h5-28H,1-4H3. The average molecular weight is 769 g/mol. The second-order valence-electron chi connectivity index (χ2n) is 17.9. The van der Waals surface area contributed by atoms with Gasteiger partial charge < -0.3 is 0 Å². The second-order valence-corrected chi connectivity index (χ2v) is 17.9. The van der Waals surface area contributed by atoms with E-state index >= 15 is 0 Å². The number of hydrogen-bond acceptors (Lipinski definition) is 4. The highest BCUT2D eigenvalue weighted by Crippen LogP contribution is 2.53. The molecule has 0 aliphatic heterocycles. The van der Waals surface area contributed by atoms with Crippen molar-refractivity contribution in [2.45, 2.75) is 38.5 Å². The molecule has 4 heterocycles. The summed E-state index contributed by atoms with van der Waals surface area (Å²) in [6.07, 6.45) is 0. The highest BCUT2D eigenvalue weighted by atomic mass is 15.2. The molecule has 0 unspecified atom stereocenters. The van der Waals surface area contributed by atoms with E-state index in [-0.39, 0.29) is 10.8 Å². The predicted molar refractivity (Wildman–Crippen MR) is 243 cm³/mol. The van der Waals surface area contributed by atoms with Gasteiger partial charge in [0, 0.05) is 43.5 Å². The van der Waals surface area contributed by atoms with E-state index in [1.165, 1.54) is 66.1 Å². The van der Waals surface area contributed by atoms with Crippen molar-refractivity contribution in [1.29, 1.82) is 0 Å². The molecule has 0 spiro atoms. The summed E-state index contributed by atoms with van der Waals surface area (Å²) < 4.78 is 4.50. The minimum absolute atomic E-state index is 0.116. The van der Waals surface area contributed by atoms with Crippen molar-refractivity contribution in [2.75, 3.05) is 0 Å². The zero-order chi connectivity index (χ0) is 39.8. The third kappa shape index (κ3) is 3.85. The molecule has 0 fully saturated rings. The highest BCUT2D eigenvalue weighted by molar-refractivity contribution is 6.14. The Hall–Kier alpha value is -7.44. The molecule has 11 aromatic rings. The number of aromatic nitrogens is 6. The second kappa shape index (κ2) is 10.8. The lowest BCUT2D eigenvalue weighted by Gasteiger charge is -2.21. The van der Waals surface area contributed by atoms with Crippen molar-refractivity contribution in [3.63, 3.8) is 0 Å². The monoisotopic (exact) mass is 768 g/mol. The van der Waals surface area contributed by atoms with Crippen molar-refractivity contribution in [3.05, 3.63) is 168 Å². The van der Waals surface area contributed by atoms with Crippen molar-refractivity contribution < 1.29 is 0 Å². The molecule has 0 bridgehead atoms. The quantitative estimate of drug-likeness (QED) is 0.176.